The van der Waals surface area contributed by atoms with Gasteiger partial charge in [-0.3, -0.25) is 14.6 Å². The summed E-state index contributed by atoms with van der Waals surface area (Å²) in [6, 6.07) is 0. The Labute approximate surface area is 104 Å². The standard InChI is InChI=1S/C14H24N2O/c1-3-5-13-7-15-9-14(6-4-2,12(13)17)10-16(8-13)11-15/h3-11H2,1-2H3. The van der Waals surface area contributed by atoms with Gasteiger partial charge in [0.25, 0.3) is 0 Å². The molecule has 0 radical (unpaired) electrons. The Bertz CT molecular complexity index is 297. The highest BCUT2D eigenvalue weighted by Crippen LogP contribution is 2.50. The minimum Gasteiger partial charge on any atom is -0.298 e. The highest BCUT2D eigenvalue weighted by Gasteiger charge is 2.61. The summed E-state index contributed by atoms with van der Waals surface area (Å²) in [6.45, 7) is 9.64. The fourth-order valence-corrected chi connectivity index (χ4v) is 4.76. The van der Waals surface area contributed by atoms with Crippen LogP contribution in [-0.2, 0) is 4.79 Å². The number of nitrogens with zero attached hydrogens (tertiary/aromatic N) is 2. The maximum atomic E-state index is 12.9. The van der Waals surface area contributed by atoms with Crippen molar-refractivity contribution in [3.8, 4) is 0 Å². The number of carbonyl (C=O) groups excluding carboxylic acids is 1. The van der Waals surface area contributed by atoms with Crippen LogP contribution in [-0.4, -0.2) is 48.4 Å². The summed E-state index contributed by atoms with van der Waals surface area (Å²) in [4.78, 5) is 18.0. The Balaban J connectivity index is 1.96. The van der Waals surface area contributed by atoms with Crippen LogP contribution in [0.1, 0.15) is 39.5 Å². The lowest BCUT2D eigenvalue weighted by molar-refractivity contribution is -0.185. The third kappa shape index (κ3) is 1.52. The lowest BCUT2D eigenvalue weighted by Crippen LogP contribution is -2.76. The fraction of sp³-hybridized carbons (Fsp3) is 0.929. The van der Waals surface area contributed by atoms with Crippen LogP contribution in [0.15, 0.2) is 0 Å². The monoisotopic (exact) mass is 236 g/mol. The minimum absolute atomic E-state index is 0.0152. The van der Waals surface area contributed by atoms with Crippen LogP contribution in [0, 0.1) is 10.8 Å². The Morgan fingerprint density at radius 1 is 0.941 bits per heavy atom. The van der Waals surface area contributed by atoms with Crippen LogP contribution in [0.3, 0.4) is 0 Å². The van der Waals surface area contributed by atoms with Gasteiger partial charge in [0, 0.05) is 26.2 Å². The van der Waals surface area contributed by atoms with Crippen molar-refractivity contribution in [1.29, 1.82) is 0 Å². The molecule has 3 heteroatoms. The van der Waals surface area contributed by atoms with Gasteiger partial charge in [-0.05, 0) is 12.8 Å². The first-order valence-electron chi connectivity index (χ1n) is 7.14. The molecule has 0 spiro atoms. The van der Waals surface area contributed by atoms with E-state index in [0.29, 0.717) is 5.78 Å². The van der Waals surface area contributed by atoms with E-state index >= 15 is 0 Å². The Morgan fingerprint density at radius 3 is 1.71 bits per heavy atom. The number of piperidine rings is 2. The summed E-state index contributed by atoms with van der Waals surface area (Å²) in [7, 11) is 0. The smallest absolute Gasteiger partial charge is 0.150 e. The van der Waals surface area contributed by atoms with Crippen LogP contribution in [0.4, 0.5) is 0 Å². The summed E-state index contributed by atoms with van der Waals surface area (Å²) >= 11 is 0. The van der Waals surface area contributed by atoms with Crippen molar-refractivity contribution in [2.45, 2.75) is 39.5 Å². The lowest BCUT2D eigenvalue weighted by atomic mass is 9.58. The van der Waals surface area contributed by atoms with Gasteiger partial charge in [0.15, 0.2) is 0 Å². The molecule has 4 aliphatic heterocycles. The van der Waals surface area contributed by atoms with Gasteiger partial charge in [-0.2, -0.15) is 0 Å². The van der Waals surface area contributed by atoms with Gasteiger partial charge in [0.05, 0.1) is 17.5 Å². The molecule has 4 aliphatic rings. The van der Waals surface area contributed by atoms with Crippen LogP contribution in [0.25, 0.3) is 0 Å². The molecule has 0 atom stereocenters. The van der Waals surface area contributed by atoms with Crippen molar-refractivity contribution in [2.24, 2.45) is 10.8 Å². The van der Waals surface area contributed by atoms with Crippen molar-refractivity contribution in [1.82, 2.24) is 9.80 Å². The molecule has 0 saturated carbocycles. The zero-order valence-corrected chi connectivity index (χ0v) is 11.2. The number of carbonyl (C=O) groups is 1. The molecular weight excluding hydrogens is 212 g/mol. The molecule has 17 heavy (non-hydrogen) atoms. The molecule has 0 N–H and O–H groups in total. The molecular formula is C14H24N2O. The van der Waals surface area contributed by atoms with Gasteiger partial charge in [-0.1, -0.05) is 26.7 Å². The third-order valence-electron chi connectivity index (χ3n) is 4.93. The van der Waals surface area contributed by atoms with Crippen molar-refractivity contribution in [3.63, 3.8) is 0 Å². The number of hydrogen-bond acceptors (Lipinski definition) is 3. The molecule has 4 bridgehead atoms. The second-order valence-corrected chi connectivity index (χ2v) is 6.51. The summed E-state index contributed by atoms with van der Waals surface area (Å²) in [5, 5.41) is 0. The predicted molar refractivity (Wildman–Crippen MR) is 67.7 cm³/mol. The largest absolute Gasteiger partial charge is 0.298 e. The Morgan fingerprint density at radius 2 is 1.35 bits per heavy atom. The number of Topliss-reactive ketones (excluding diaryl/α,β-unsaturated/α-hetero) is 1. The Kier molecular flexibility index (Phi) is 2.60. The zero-order chi connectivity index (χ0) is 12.1. The van der Waals surface area contributed by atoms with Crippen LogP contribution < -0.4 is 0 Å². The van der Waals surface area contributed by atoms with Crippen molar-refractivity contribution < 1.29 is 4.79 Å². The number of hydrogen-bond donors (Lipinski definition) is 0. The van der Waals surface area contributed by atoms with Gasteiger partial charge in [0.1, 0.15) is 5.78 Å². The van der Waals surface area contributed by atoms with Gasteiger partial charge < -0.3 is 0 Å². The van der Waals surface area contributed by atoms with Gasteiger partial charge in [-0.15, -0.1) is 0 Å². The maximum Gasteiger partial charge on any atom is 0.150 e. The topological polar surface area (TPSA) is 23.6 Å². The quantitative estimate of drug-likeness (QED) is 0.742. The molecule has 0 unspecified atom stereocenters. The first-order valence-corrected chi connectivity index (χ1v) is 7.14. The summed E-state index contributed by atoms with van der Waals surface area (Å²) in [5.74, 6) is 0.612. The molecule has 4 fully saturated rings. The van der Waals surface area contributed by atoms with E-state index in [9.17, 15) is 4.79 Å². The molecule has 0 aromatic carbocycles. The molecule has 4 saturated heterocycles. The number of ketones is 1. The highest BCUT2D eigenvalue weighted by atomic mass is 16.1. The normalized spacial score (nSPS) is 47.8. The molecule has 0 aromatic rings. The molecule has 0 amide bonds. The predicted octanol–water partition coefficient (Wildman–Crippen LogP) is 1.73. The van der Waals surface area contributed by atoms with Crippen LogP contribution >= 0.6 is 0 Å². The second kappa shape index (κ2) is 3.79. The molecule has 4 rings (SSSR count). The van der Waals surface area contributed by atoms with Crippen molar-refractivity contribution >= 4 is 5.78 Å². The van der Waals surface area contributed by atoms with E-state index in [1.54, 1.807) is 0 Å². The van der Waals surface area contributed by atoms with E-state index in [2.05, 4.69) is 23.6 Å². The molecule has 96 valence electrons. The zero-order valence-electron chi connectivity index (χ0n) is 11.2. The van der Waals surface area contributed by atoms with E-state index in [1.807, 2.05) is 0 Å². The van der Waals surface area contributed by atoms with Crippen LogP contribution in [0.2, 0.25) is 0 Å². The summed E-state index contributed by atoms with van der Waals surface area (Å²) in [6.07, 6.45) is 4.44. The van der Waals surface area contributed by atoms with E-state index in [4.69, 9.17) is 0 Å². The summed E-state index contributed by atoms with van der Waals surface area (Å²) in [5.41, 5.74) is -0.0304. The molecule has 0 aromatic heterocycles. The van der Waals surface area contributed by atoms with Crippen molar-refractivity contribution in [3.05, 3.63) is 0 Å². The average molecular weight is 236 g/mol. The Hall–Kier alpha value is -0.410. The van der Waals surface area contributed by atoms with E-state index in [-0.39, 0.29) is 10.8 Å². The van der Waals surface area contributed by atoms with E-state index in [0.717, 1.165) is 58.5 Å². The second-order valence-electron chi connectivity index (χ2n) is 6.51. The molecule has 3 nitrogen and oxygen atoms in total. The number of rotatable bonds is 4. The van der Waals surface area contributed by atoms with Crippen LogP contribution in [0.5, 0.6) is 0 Å². The minimum atomic E-state index is -0.0152. The van der Waals surface area contributed by atoms with Gasteiger partial charge >= 0.3 is 0 Å². The van der Waals surface area contributed by atoms with Crippen molar-refractivity contribution in [2.75, 3.05) is 32.8 Å². The lowest BCUT2D eigenvalue weighted by Gasteiger charge is -2.63. The average Bonchev–Trinajstić information content (AvgIpc) is 2.25. The SMILES string of the molecule is CCCC12CN3CN(C1)CC(CCC)(C3)C2=O. The third-order valence-corrected chi connectivity index (χ3v) is 4.93. The first-order chi connectivity index (χ1) is 8.14. The maximum absolute atomic E-state index is 12.9. The van der Waals surface area contributed by atoms with Gasteiger partial charge in [0.2, 0.25) is 0 Å². The van der Waals surface area contributed by atoms with Gasteiger partial charge in [-0.25, -0.2) is 0 Å². The summed E-state index contributed by atoms with van der Waals surface area (Å²) < 4.78 is 0. The molecule has 0 aliphatic carbocycles. The van der Waals surface area contributed by atoms with E-state index < -0.39 is 0 Å². The first kappa shape index (κ1) is 11.7. The van der Waals surface area contributed by atoms with E-state index in [1.165, 1.54) is 0 Å². The fourth-order valence-electron chi connectivity index (χ4n) is 4.76. The highest BCUT2D eigenvalue weighted by molar-refractivity contribution is 5.93. The molecule has 4 heterocycles.